The van der Waals surface area contributed by atoms with Crippen LogP contribution in [0.4, 0.5) is 0 Å². The molecule has 7 heteroatoms. The molecular formula is C10H21ClN4S2. The molecule has 2 saturated heterocycles. The van der Waals surface area contributed by atoms with Gasteiger partial charge in [0.25, 0.3) is 0 Å². The van der Waals surface area contributed by atoms with Crippen molar-refractivity contribution < 1.29 is 17.1 Å². The second-order valence-corrected chi connectivity index (χ2v) is 6.65. The lowest BCUT2D eigenvalue weighted by atomic mass is 10.4. The molecule has 17 heavy (non-hydrogen) atoms. The van der Waals surface area contributed by atoms with Gasteiger partial charge in [-0.15, -0.1) is 0 Å². The Hall–Kier alpha value is 0.220. The molecule has 0 saturated carbocycles. The largest absolute Gasteiger partial charge is 1.00 e. The number of hydrogen-bond acceptors (Lipinski definition) is 4. The van der Waals surface area contributed by atoms with E-state index in [-0.39, 0.29) is 12.4 Å². The van der Waals surface area contributed by atoms with Crippen molar-refractivity contribution >= 4 is 26.8 Å². The number of nitrogens with zero attached hydrogens (tertiary/aromatic N) is 3. The summed E-state index contributed by atoms with van der Waals surface area (Å²) >= 11 is 0. The fourth-order valence-corrected chi connectivity index (χ4v) is 4.61. The maximum Gasteiger partial charge on any atom is 0.342 e. The van der Waals surface area contributed by atoms with Crippen molar-refractivity contribution in [1.29, 1.82) is 0 Å². The Morgan fingerprint density at radius 2 is 2.29 bits per heavy atom. The van der Waals surface area contributed by atoms with Gasteiger partial charge in [-0.25, -0.2) is 10.3 Å². The van der Waals surface area contributed by atoms with Gasteiger partial charge in [-0.2, -0.15) is 4.68 Å². The molecule has 0 spiro atoms. The highest BCUT2D eigenvalue weighted by molar-refractivity contribution is 8.83. The van der Waals surface area contributed by atoms with Crippen LogP contribution < -0.4 is 17.7 Å². The van der Waals surface area contributed by atoms with Crippen LogP contribution in [0.15, 0.2) is 0 Å². The summed E-state index contributed by atoms with van der Waals surface area (Å²) in [6.07, 6.45) is 2.50. The SMILES string of the molecule is CCCN1CCC[N+]1=C1NC(N(C)C)SS1.[Cl-]. The van der Waals surface area contributed by atoms with E-state index in [1.165, 1.54) is 31.1 Å². The Balaban J connectivity index is 0.00000144. The second-order valence-electron chi connectivity index (χ2n) is 4.38. The number of rotatable bonds is 3. The standard InChI is InChI=1S/C10H20N4S2.ClH/c1-4-6-13-7-5-8-14(13)10-11-9(12(2)3)15-16-10;/h9H,4-8H2,1-3H3;1H. The van der Waals surface area contributed by atoms with E-state index in [2.05, 4.69) is 40.9 Å². The molecule has 0 aromatic carbocycles. The third kappa shape index (κ3) is 3.59. The highest BCUT2D eigenvalue weighted by Crippen LogP contribution is 2.34. The lowest BCUT2D eigenvalue weighted by Crippen LogP contribution is -3.00. The van der Waals surface area contributed by atoms with Crippen molar-refractivity contribution in [1.82, 2.24) is 15.2 Å². The van der Waals surface area contributed by atoms with Crippen LogP contribution in [-0.4, -0.2) is 59.0 Å². The molecule has 0 aromatic rings. The smallest absolute Gasteiger partial charge is 0.342 e. The number of hydrazone groups is 1. The summed E-state index contributed by atoms with van der Waals surface area (Å²) in [6, 6.07) is 0. The first-order chi connectivity index (χ1) is 7.72. The van der Waals surface area contributed by atoms with Crippen LogP contribution in [0, 0.1) is 0 Å². The topological polar surface area (TPSA) is 21.5 Å². The predicted molar refractivity (Wildman–Crippen MR) is 72.4 cm³/mol. The van der Waals surface area contributed by atoms with Crippen molar-refractivity contribution in [3.8, 4) is 0 Å². The summed E-state index contributed by atoms with van der Waals surface area (Å²) in [5, 5.41) is 7.35. The van der Waals surface area contributed by atoms with Crippen molar-refractivity contribution in [3.63, 3.8) is 0 Å². The Bertz CT molecular complexity index is 285. The van der Waals surface area contributed by atoms with Crippen LogP contribution in [0.1, 0.15) is 19.8 Å². The minimum Gasteiger partial charge on any atom is -1.00 e. The fraction of sp³-hybridized carbons (Fsp3) is 0.900. The predicted octanol–water partition coefficient (Wildman–Crippen LogP) is -1.78. The van der Waals surface area contributed by atoms with Crippen LogP contribution in [0.25, 0.3) is 0 Å². The lowest BCUT2D eigenvalue weighted by Gasteiger charge is -2.17. The van der Waals surface area contributed by atoms with E-state index in [1.807, 2.05) is 21.6 Å². The van der Waals surface area contributed by atoms with Gasteiger partial charge in [-0.3, -0.25) is 4.90 Å². The zero-order valence-electron chi connectivity index (χ0n) is 10.6. The molecule has 0 amide bonds. The molecule has 0 aliphatic carbocycles. The number of hydrazine groups is 1. The number of amidine groups is 1. The van der Waals surface area contributed by atoms with Gasteiger partial charge in [0.2, 0.25) is 5.50 Å². The minimum atomic E-state index is 0. The van der Waals surface area contributed by atoms with E-state index in [4.69, 9.17) is 0 Å². The average molecular weight is 297 g/mol. The molecule has 2 aliphatic rings. The van der Waals surface area contributed by atoms with Gasteiger partial charge < -0.3 is 12.4 Å². The summed E-state index contributed by atoms with van der Waals surface area (Å²) in [6.45, 7) is 5.78. The van der Waals surface area contributed by atoms with Gasteiger partial charge >= 0.3 is 5.17 Å². The lowest BCUT2D eigenvalue weighted by molar-refractivity contribution is -0.666. The fourth-order valence-electron chi connectivity index (χ4n) is 1.96. The molecule has 100 valence electrons. The molecule has 2 heterocycles. The zero-order valence-corrected chi connectivity index (χ0v) is 13.0. The highest BCUT2D eigenvalue weighted by atomic mass is 35.5. The van der Waals surface area contributed by atoms with Gasteiger partial charge in [-0.1, -0.05) is 6.92 Å². The second kappa shape index (κ2) is 6.97. The molecule has 4 nitrogen and oxygen atoms in total. The minimum absolute atomic E-state index is 0. The van der Waals surface area contributed by atoms with Gasteiger partial charge in [0.15, 0.2) is 0 Å². The van der Waals surface area contributed by atoms with Gasteiger partial charge in [0.1, 0.15) is 6.54 Å². The molecule has 0 aromatic heterocycles. The Labute approximate surface area is 118 Å². The van der Waals surface area contributed by atoms with Crippen LogP contribution >= 0.6 is 21.6 Å². The number of hydrogen-bond donors (Lipinski definition) is 1. The third-order valence-electron chi connectivity index (χ3n) is 2.78. The van der Waals surface area contributed by atoms with Crippen molar-refractivity contribution in [2.75, 3.05) is 33.7 Å². The van der Waals surface area contributed by atoms with Crippen LogP contribution in [0.2, 0.25) is 0 Å². The zero-order chi connectivity index (χ0) is 11.5. The van der Waals surface area contributed by atoms with E-state index in [9.17, 15) is 0 Å². The van der Waals surface area contributed by atoms with Crippen molar-refractivity contribution in [2.24, 2.45) is 0 Å². The number of nitrogens with one attached hydrogen (secondary N) is 1. The average Bonchev–Trinajstić information content (AvgIpc) is 2.84. The Morgan fingerprint density at radius 1 is 1.53 bits per heavy atom. The summed E-state index contributed by atoms with van der Waals surface area (Å²) in [5.41, 5.74) is 0.407. The monoisotopic (exact) mass is 296 g/mol. The highest BCUT2D eigenvalue weighted by Gasteiger charge is 2.35. The van der Waals surface area contributed by atoms with Gasteiger partial charge in [-0.05, 0) is 31.3 Å². The van der Waals surface area contributed by atoms with Gasteiger partial charge in [0, 0.05) is 17.2 Å². The van der Waals surface area contributed by atoms with E-state index >= 15 is 0 Å². The summed E-state index contributed by atoms with van der Waals surface area (Å²) in [7, 11) is 7.99. The van der Waals surface area contributed by atoms with E-state index in [0.29, 0.717) is 5.50 Å². The van der Waals surface area contributed by atoms with Gasteiger partial charge in [0.05, 0.1) is 13.1 Å². The molecule has 0 bridgehead atoms. The first-order valence-electron chi connectivity index (χ1n) is 5.88. The quantitative estimate of drug-likeness (QED) is 0.490. The van der Waals surface area contributed by atoms with E-state index < -0.39 is 0 Å². The molecule has 1 unspecified atom stereocenters. The molecule has 0 radical (unpaired) electrons. The summed E-state index contributed by atoms with van der Waals surface area (Å²) in [5.74, 6) is 0. The van der Waals surface area contributed by atoms with Crippen LogP contribution in [0.3, 0.4) is 0 Å². The van der Waals surface area contributed by atoms with E-state index in [1.54, 1.807) is 0 Å². The molecule has 1 N–H and O–H groups in total. The normalized spacial score (nSPS) is 28.5. The summed E-state index contributed by atoms with van der Waals surface area (Å²) < 4.78 is 2.42. The summed E-state index contributed by atoms with van der Waals surface area (Å²) in [4.78, 5) is 2.21. The third-order valence-corrected chi connectivity index (χ3v) is 5.39. The first-order valence-corrected chi connectivity index (χ1v) is 8.09. The molecule has 2 rings (SSSR count). The molecule has 2 aliphatic heterocycles. The number of halogens is 1. The van der Waals surface area contributed by atoms with Crippen LogP contribution in [0.5, 0.6) is 0 Å². The maximum absolute atomic E-state index is 3.57. The molecular weight excluding hydrogens is 276 g/mol. The Kier molecular flexibility index (Phi) is 6.26. The molecule has 1 atom stereocenters. The van der Waals surface area contributed by atoms with Crippen molar-refractivity contribution in [3.05, 3.63) is 0 Å². The van der Waals surface area contributed by atoms with Crippen LogP contribution in [-0.2, 0) is 0 Å². The first kappa shape index (κ1) is 15.3. The van der Waals surface area contributed by atoms with E-state index in [0.717, 1.165) is 6.54 Å². The maximum atomic E-state index is 3.57. The van der Waals surface area contributed by atoms with Crippen molar-refractivity contribution in [2.45, 2.75) is 25.3 Å². The molecule has 2 fully saturated rings. The Morgan fingerprint density at radius 3 is 2.88 bits per heavy atom.